The van der Waals surface area contributed by atoms with E-state index in [9.17, 15) is 0 Å². The third kappa shape index (κ3) is 3.95. The Morgan fingerprint density at radius 2 is 2.12 bits per heavy atom. The lowest BCUT2D eigenvalue weighted by atomic mass is 9.97. The molecule has 1 atom stereocenters. The summed E-state index contributed by atoms with van der Waals surface area (Å²) in [6.45, 7) is 2.10. The van der Waals surface area contributed by atoms with Crippen LogP contribution in [0.5, 0.6) is 0 Å². The van der Waals surface area contributed by atoms with E-state index in [0.717, 1.165) is 12.1 Å². The second-order valence-electron chi connectivity index (χ2n) is 5.49. The van der Waals surface area contributed by atoms with Crippen molar-refractivity contribution in [1.29, 1.82) is 0 Å². The molecular formula is C18H21N3OS2. The Morgan fingerprint density at radius 3 is 2.92 bits per heavy atom. The summed E-state index contributed by atoms with van der Waals surface area (Å²) >= 11 is 7.13. The molecule has 0 spiro atoms. The summed E-state index contributed by atoms with van der Waals surface area (Å²) in [5, 5.41) is 10.5. The van der Waals surface area contributed by atoms with Crippen LogP contribution in [0.2, 0.25) is 0 Å². The maximum Gasteiger partial charge on any atom is 0.166 e. The van der Waals surface area contributed by atoms with Crippen molar-refractivity contribution in [3.8, 4) is 0 Å². The molecule has 126 valence electrons. The minimum Gasteiger partial charge on any atom is -0.383 e. The van der Waals surface area contributed by atoms with Gasteiger partial charge in [-0.2, -0.15) is 0 Å². The number of aromatic nitrogens is 1. The fourth-order valence-corrected chi connectivity index (χ4v) is 3.79. The highest BCUT2D eigenvalue weighted by molar-refractivity contribution is 7.80. The van der Waals surface area contributed by atoms with Gasteiger partial charge in [0.15, 0.2) is 5.11 Å². The molecule has 0 bridgehead atoms. The van der Waals surface area contributed by atoms with Gasteiger partial charge in [0, 0.05) is 48.1 Å². The first-order chi connectivity index (χ1) is 11.8. The monoisotopic (exact) mass is 359 g/mol. The van der Waals surface area contributed by atoms with E-state index in [4.69, 9.17) is 17.0 Å². The molecule has 3 N–H and O–H groups in total. The second-order valence-corrected chi connectivity index (χ2v) is 6.87. The van der Waals surface area contributed by atoms with Crippen molar-refractivity contribution in [2.75, 3.05) is 26.8 Å². The fourth-order valence-electron chi connectivity index (χ4n) is 2.76. The van der Waals surface area contributed by atoms with Gasteiger partial charge < -0.3 is 20.4 Å². The summed E-state index contributed by atoms with van der Waals surface area (Å²) in [5.74, 6) is 0.253. The van der Waals surface area contributed by atoms with Gasteiger partial charge in [0.1, 0.15) is 0 Å². The third-order valence-electron chi connectivity index (χ3n) is 3.94. The summed E-state index contributed by atoms with van der Waals surface area (Å²) in [5.41, 5.74) is 2.45. The van der Waals surface area contributed by atoms with Gasteiger partial charge >= 0.3 is 0 Å². The standard InChI is InChI=1S/C18H21N3OS2/c1-22-9-8-19-18(23)21-12-15(17-7-4-10-24-17)14-11-20-16-6-3-2-5-13(14)16/h2-7,10-11,15,20H,8-9,12H2,1H3,(H2,19,21,23). The van der Waals surface area contributed by atoms with Crippen molar-refractivity contribution >= 4 is 39.6 Å². The molecular weight excluding hydrogens is 338 g/mol. The van der Waals surface area contributed by atoms with E-state index in [2.05, 4.69) is 63.6 Å². The smallest absolute Gasteiger partial charge is 0.166 e. The number of hydrogen-bond donors (Lipinski definition) is 3. The number of H-pyrrole nitrogens is 1. The molecule has 0 aliphatic rings. The average Bonchev–Trinajstić information content (AvgIpc) is 3.26. The molecule has 0 amide bonds. The summed E-state index contributed by atoms with van der Waals surface area (Å²) in [6.07, 6.45) is 2.11. The zero-order valence-corrected chi connectivity index (χ0v) is 15.2. The SMILES string of the molecule is COCCNC(=S)NCC(c1cccs1)c1c[nH]c2ccccc12. The van der Waals surface area contributed by atoms with Gasteiger partial charge in [-0.1, -0.05) is 24.3 Å². The van der Waals surface area contributed by atoms with Crippen LogP contribution in [-0.4, -0.2) is 36.9 Å². The van der Waals surface area contributed by atoms with Crippen LogP contribution in [0, 0.1) is 0 Å². The van der Waals surface area contributed by atoms with E-state index < -0.39 is 0 Å². The van der Waals surface area contributed by atoms with Crippen LogP contribution in [0.4, 0.5) is 0 Å². The molecule has 4 nitrogen and oxygen atoms in total. The zero-order chi connectivity index (χ0) is 16.8. The molecule has 3 rings (SSSR count). The number of nitrogens with one attached hydrogen (secondary N) is 3. The molecule has 0 saturated carbocycles. The number of rotatable bonds is 7. The van der Waals surface area contributed by atoms with Crippen molar-refractivity contribution in [2.24, 2.45) is 0 Å². The molecule has 6 heteroatoms. The van der Waals surface area contributed by atoms with E-state index in [0.29, 0.717) is 18.3 Å². The third-order valence-corrected chi connectivity index (χ3v) is 5.22. The highest BCUT2D eigenvalue weighted by atomic mass is 32.1. The summed E-state index contributed by atoms with van der Waals surface area (Å²) in [4.78, 5) is 4.70. The molecule has 24 heavy (non-hydrogen) atoms. The minimum absolute atomic E-state index is 0.253. The van der Waals surface area contributed by atoms with Gasteiger partial charge in [-0.25, -0.2) is 0 Å². The quantitative estimate of drug-likeness (QED) is 0.447. The van der Waals surface area contributed by atoms with Crippen molar-refractivity contribution in [2.45, 2.75) is 5.92 Å². The predicted molar refractivity (Wildman–Crippen MR) is 105 cm³/mol. The second kappa shape index (κ2) is 8.28. The number of aromatic amines is 1. The maximum atomic E-state index is 5.36. The Bertz CT molecular complexity index is 783. The Labute approximate surface area is 151 Å². The van der Waals surface area contributed by atoms with Crippen LogP contribution in [0.15, 0.2) is 48.0 Å². The lowest BCUT2D eigenvalue weighted by Crippen LogP contribution is -2.39. The van der Waals surface area contributed by atoms with Gasteiger partial charge in [0.05, 0.1) is 6.61 Å². The number of thiocarbonyl (C=S) groups is 1. The Morgan fingerprint density at radius 1 is 1.25 bits per heavy atom. The van der Waals surface area contributed by atoms with Crippen LogP contribution in [-0.2, 0) is 4.74 Å². The topological polar surface area (TPSA) is 49.1 Å². The highest BCUT2D eigenvalue weighted by Crippen LogP contribution is 2.32. The van der Waals surface area contributed by atoms with Crippen molar-refractivity contribution in [3.63, 3.8) is 0 Å². The largest absolute Gasteiger partial charge is 0.383 e. The van der Waals surface area contributed by atoms with Crippen molar-refractivity contribution < 1.29 is 4.74 Å². The molecule has 1 aromatic carbocycles. The number of methoxy groups -OCH3 is 1. The van der Waals surface area contributed by atoms with Gasteiger partial charge in [-0.3, -0.25) is 0 Å². The first-order valence-electron chi connectivity index (χ1n) is 7.89. The number of fused-ring (bicyclic) bond motifs is 1. The fraction of sp³-hybridized carbons (Fsp3) is 0.278. The molecule has 2 aromatic heterocycles. The molecule has 0 fully saturated rings. The van der Waals surface area contributed by atoms with E-state index in [-0.39, 0.29) is 5.92 Å². The number of thiophene rings is 1. The van der Waals surface area contributed by atoms with Crippen LogP contribution < -0.4 is 10.6 Å². The van der Waals surface area contributed by atoms with Crippen LogP contribution >= 0.6 is 23.6 Å². The lowest BCUT2D eigenvalue weighted by molar-refractivity contribution is 0.204. The number of ether oxygens (including phenoxy) is 1. The highest BCUT2D eigenvalue weighted by Gasteiger charge is 2.19. The van der Waals surface area contributed by atoms with Crippen LogP contribution in [0.1, 0.15) is 16.4 Å². The van der Waals surface area contributed by atoms with E-state index in [1.807, 2.05) is 0 Å². The summed E-state index contributed by atoms with van der Waals surface area (Å²) < 4.78 is 5.03. The van der Waals surface area contributed by atoms with E-state index in [1.165, 1.54) is 15.8 Å². The average molecular weight is 360 g/mol. The lowest BCUT2D eigenvalue weighted by Gasteiger charge is -2.18. The van der Waals surface area contributed by atoms with E-state index in [1.54, 1.807) is 18.4 Å². The molecule has 3 aromatic rings. The van der Waals surface area contributed by atoms with Gasteiger partial charge in [-0.15, -0.1) is 11.3 Å². The molecule has 0 saturated heterocycles. The first-order valence-corrected chi connectivity index (χ1v) is 9.18. The Hall–Kier alpha value is -1.89. The normalized spacial score (nSPS) is 12.2. The van der Waals surface area contributed by atoms with Crippen LogP contribution in [0.3, 0.4) is 0 Å². The molecule has 1 unspecified atom stereocenters. The predicted octanol–water partition coefficient (Wildman–Crippen LogP) is 3.47. The van der Waals surface area contributed by atoms with Gasteiger partial charge in [-0.05, 0) is 35.3 Å². The number of benzene rings is 1. The van der Waals surface area contributed by atoms with Gasteiger partial charge in [0.25, 0.3) is 0 Å². The molecule has 0 radical (unpaired) electrons. The van der Waals surface area contributed by atoms with Crippen LogP contribution in [0.25, 0.3) is 10.9 Å². The first kappa shape index (κ1) is 17.0. The number of hydrogen-bond acceptors (Lipinski definition) is 3. The molecule has 0 aliphatic heterocycles. The van der Waals surface area contributed by atoms with E-state index >= 15 is 0 Å². The summed E-state index contributed by atoms with van der Waals surface area (Å²) in [6, 6.07) is 12.7. The Balaban J connectivity index is 1.77. The van der Waals surface area contributed by atoms with Crippen molar-refractivity contribution in [1.82, 2.24) is 15.6 Å². The number of para-hydroxylation sites is 1. The summed E-state index contributed by atoms with van der Waals surface area (Å²) in [7, 11) is 1.68. The van der Waals surface area contributed by atoms with Gasteiger partial charge in [0.2, 0.25) is 0 Å². The minimum atomic E-state index is 0.253. The maximum absolute atomic E-state index is 5.36. The van der Waals surface area contributed by atoms with Crippen molar-refractivity contribution in [3.05, 3.63) is 58.4 Å². The molecule has 2 heterocycles. The zero-order valence-electron chi connectivity index (χ0n) is 13.5. The molecule has 0 aliphatic carbocycles. The Kier molecular flexibility index (Phi) is 5.85.